The summed E-state index contributed by atoms with van der Waals surface area (Å²) in [6.45, 7) is 0. The van der Waals surface area contributed by atoms with E-state index in [1.807, 2.05) is 119 Å². The van der Waals surface area contributed by atoms with Crippen LogP contribution in [-0.4, -0.2) is 13.7 Å². The first-order chi connectivity index (χ1) is 62.7. The third kappa shape index (κ3) is 11.2. The van der Waals surface area contributed by atoms with E-state index in [0.717, 1.165) is 133 Å². The van der Waals surface area contributed by atoms with Crippen molar-refractivity contribution in [2.75, 3.05) is 0 Å². The Morgan fingerprint density at radius 1 is 0.213 bits per heavy atom. The minimum Gasteiger partial charge on any atom is -0.456 e. The van der Waals surface area contributed by atoms with Gasteiger partial charge in [0.15, 0.2) is 0 Å². The number of rotatable bonds is 6. The first-order valence-corrected chi connectivity index (χ1v) is 44.0. The monoisotopic (exact) mass is 1670 g/mol. The van der Waals surface area contributed by atoms with Crippen LogP contribution in [0.5, 0.6) is 0 Å². The Labute approximate surface area is 734 Å². The van der Waals surface area contributed by atoms with Gasteiger partial charge in [0.1, 0.15) is 33.5 Å². The van der Waals surface area contributed by atoms with Crippen molar-refractivity contribution in [2.45, 2.75) is 0 Å². The van der Waals surface area contributed by atoms with E-state index in [9.17, 15) is 26.3 Å². The quantitative estimate of drug-likeness (QED) is 0.158. The molecule has 0 aliphatic rings. The van der Waals surface area contributed by atoms with Crippen molar-refractivity contribution in [3.63, 3.8) is 0 Å². The van der Waals surface area contributed by atoms with E-state index in [-0.39, 0.29) is 0 Å². The topological polar surface area (TPSA) is 173 Å². The number of nitriles is 5. The van der Waals surface area contributed by atoms with E-state index < -0.39 is 0 Å². The molecule has 0 atom stereocenters. The summed E-state index contributed by atoms with van der Waals surface area (Å²) >= 11 is 5.50. The molecule has 127 heavy (non-hydrogen) atoms. The highest BCUT2D eigenvalue weighted by atomic mass is 32.1. The van der Waals surface area contributed by atoms with Gasteiger partial charge in [-0.15, -0.1) is 34.0 Å². The zero-order chi connectivity index (χ0) is 84.4. The zero-order valence-electron chi connectivity index (χ0n) is 67.0. The third-order valence-electron chi connectivity index (χ3n) is 25.2. The first-order valence-electron chi connectivity index (χ1n) is 41.5. The lowest BCUT2D eigenvalue weighted by Crippen LogP contribution is -1.99. The Kier molecular flexibility index (Phi) is 16.3. The molecular formula is C113H58N8O3S3. The van der Waals surface area contributed by atoms with Crippen LogP contribution in [0.4, 0.5) is 0 Å². The van der Waals surface area contributed by atoms with Crippen molar-refractivity contribution in [1.29, 1.82) is 26.3 Å². The molecule has 0 unspecified atom stereocenters. The van der Waals surface area contributed by atoms with Crippen molar-refractivity contribution >= 4 is 226 Å². The number of aromatic nitrogens is 3. The maximum Gasteiger partial charge on any atom is 0.135 e. The maximum atomic E-state index is 10.4. The van der Waals surface area contributed by atoms with E-state index in [0.29, 0.717) is 27.8 Å². The van der Waals surface area contributed by atoms with Gasteiger partial charge in [0.2, 0.25) is 0 Å². The molecule has 9 aromatic heterocycles. The highest BCUT2D eigenvalue weighted by Crippen LogP contribution is 2.51. The molecule has 0 amide bonds. The van der Waals surface area contributed by atoms with Gasteiger partial charge in [0.25, 0.3) is 0 Å². The van der Waals surface area contributed by atoms with Crippen molar-refractivity contribution in [3.8, 4) is 80.8 Å². The number of furan rings is 3. The van der Waals surface area contributed by atoms with Crippen LogP contribution in [-0.2, 0) is 0 Å². The van der Waals surface area contributed by atoms with Gasteiger partial charge in [-0.05, 0) is 180 Å². The molecule has 586 valence electrons. The molecule has 14 heteroatoms. The highest BCUT2D eigenvalue weighted by molar-refractivity contribution is 7.27. The number of benzene rings is 18. The molecule has 0 saturated carbocycles. The molecule has 11 nitrogen and oxygen atoms in total. The molecule has 0 radical (unpaired) electrons. The van der Waals surface area contributed by atoms with Crippen LogP contribution in [0.3, 0.4) is 0 Å². The van der Waals surface area contributed by atoms with Gasteiger partial charge in [0.05, 0.1) is 122 Å². The Balaban J connectivity index is 0.000000104. The Hall–Kier alpha value is -17.1. The number of para-hydroxylation sites is 4. The molecule has 0 spiro atoms. The van der Waals surface area contributed by atoms with Crippen molar-refractivity contribution in [3.05, 3.63) is 380 Å². The molecular weight excluding hydrogens is 1610 g/mol. The molecule has 0 bridgehead atoms. The van der Waals surface area contributed by atoms with E-state index in [1.165, 1.54) is 109 Å². The second-order valence-electron chi connectivity index (χ2n) is 31.9. The number of fused-ring (bicyclic) bond motifs is 30. The van der Waals surface area contributed by atoms with Gasteiger partial charge in [-0.2, -0.15) is 26.3 Å². The molecule has 27 rings (SSSR count). The van der Waals surface area contributed by atoms with E-state index in [2.05, 4.69) is 293 Å². The fraction of sp³-hybridized carbons (Fsp3) is 0. The van der Waals surface area contributed by atoms with Gasteiger partial charge in [-0.1, -0.05) is 188 Å². The fourth-order valence-corrected chi connectivity index (χ4v) is 23.3. The Morgan fingerprint density at radius 3 is 0.953 bits per heavy atom. The second kappa shape index (κ2) is 28.5. The van der Waals surface area contributed by atoms with Crippen LogP contribution >= 0.6 is 34.0 Å². The van der Waals surface area contributed by atoms with Crippen LogP contribution in [0, 0.1) is 56.7 Å². The fourth-order valence-electron chi connectivity index (χ4n) is 19.5. The second-order valence-corrected chi connectivity index (χ2v) is 35.1. The van der Waals surface area contributed by atoms with Crippen LogP contribution in [0.15, 0.2) is 365 Å². The van der Waals surface area contributed by atoms with E-state index in [4.69, 9.17) is 13.3 Å². The Bertz CT molecular complexity index is 9740. The lowest BCUT2D eigenvalue weighted by molar-refractivity contribution is 0.668. The molecule has 0 fully saturated rings. The summed E-state index contributed by atoms with van der Waals surface area (Å²) in [5.41, 5.74) is 23.5. The van der Waals surface area contributed by atoms with E-state index in [1.54, 1.807) is 18.2 Å². The van der Waals surface area contributed by atoms with Crippen LogP contribution in [0.25, 0.3) is 242 Å². The summed E-state index contributed by atoms with van der Waals surface area (Å²) in [4.78, 5) is 0. The molecule has 27 aromatic rings. The maximum absolute atomic E-state index is 10.4. The number of hydrogen-bond acceptors (Lipinski definition) is 11. The average molecular weight is 1670 g/mol. The summed E-state index contributed by atoms with van der Waals surface area (Å²) in [7, 11) is 0. The smallest absolute Gasteiger partial charge is 0.135 e. The highest BCUT2D eigenvalue weighted by Gasteiger charge is 2.27. The largest absolute Gasteiger partial charge is 0.456 e. The molecule has 0 aliphatic heterocycles. The molecule has 0 N–H and O–H groups in total. The predicted octanol–water partition coefficient (Wildman–Crippen LogP) is 31.5. The summed E-state index contributed by atoms with van der Waals surface area (Å²) in [6, 6.07) is 132. The molecule has 9 heterocycles. The lowest BCUT2D eigenvalue weighted by atomic mass is 9.96. The van der Waals surface area contributed by atoms with Gasteiger partial charge < -0.3 is 27.0 Å². The molecule has 0 aliphatic carbocycles. The van der Waals surface area contributed by atoms with Gasteiger partial charge in [0, 0.05) is 128 Å². The minimum absolute atomic E-state index is 0.580. The summed E-state index contributed by atoms with van der Waals surface area (Å²) in [5.74, 6) is 0. The van der Waals surface area contributed by atoms with Crippen molar-refractivity contribution in [2.24, 2.45) is 0 Å². The van der Waals surface area contributed by atoms with E-state index >= 15 is 0 Å². The first kappa shape index (κ1) is 72.7. The average Bonchev–Trinajstić information content (AvgIpc) is 1.56. The number of thiophene rings is 3. The predicted molar refractivity (Wildman–Crippen MR) is 523 cm³/mol. The van der Waals surface area contributed by atoms with Gasteiger partial charge in [-0.25, -0.2) is 0 Å². The lowest BCUT2D eigenvalue weighted by Gasteiger charge is -2.16. The SMILES string of the molecule is N#Cc1ccc(-n2c3ccccc3c3ccc4c5ccccc5sc4c32)c(-c2ccc3oc4ccc(C#N)cc4c3c2)c1.N#Cc1ccc2oc3ccc(-c4c(C#N)cccc4-n4c5ccccc5c5ccc6c7ccccc7sc6c54)cc3c2c1.N#Cc1ccc2oc3ccc(-c4ccccc4-n4c5ccccc5c5ccc6c7ccccc7sc6c54)cc3c2c1. The van der Waals surface area contributed by atoms with Crippen LogP contribution in [0.2, 0.25) is 0 Å². The van der Waals surface area contributed by atoms with Crippen molar-refractivity contribution < 1.29 is 13.3 Å². The standard InChI is InChI=1S/2C38H19N3OS.C37H20N2OS/c39-20-22-12-16-33-29(18-22)30-19-23(13-17-34(30)42-33)36-24(21-40)6-5-10-32(36)41-31-9-3-1-7-25(31)27-14-15-28-26-8-2-4-11-35(26)43-38(28)37(27)41;39-20-22-9-14-33(29(17-22)24-11-16-35-31(19-24)30-18-23(21-40)10-15-34(30)42-35)41-32-7-3-1-5-25(32)27-12-13-28-26-6-2-4-8-36(26)43-38(28)37(27)41;38-21-22-13-17-33-29(19-22)30-20-23(14-18-34(30)40-33)24-7-1-4-10-31(24)39-32-11-5-2-8-25(32)27-15-16-28-26-9-3-6-12-35(26)41-37(28)36(27)39/h2*1-19H;1-20H. The number of nitrogens with zero attached hydrogens (tertiary/aromatic N) is 8. The normalized spacial score (nSPS) is 11.7. The van der Waals surface area contributed by atoms with Crippen LogP contribution in [0.1, 0.15) is 27.8 Å². The van der Waals surface area contributed by atoms with Crippen LogP contribution < -0.4 is 0 Å². The molecule has 0 saturated heterocycles. The summed E-state index contributed by atoms with van der Waals surface area (Å²) < 4.78 is 33.1. The Morgan fingerprint density at radius 2 is 0.528 bits per heavy atom. The minimum atomic E-state index is 0.580. The summed E-state index contributed by atoms with van der Waals surface area (Å²) in [6.07, 6.45) is 0. The third-order valence-corrected chi connectivity index (χ3v) is 28.7. The zero-order valence-corrected chi connectivity index (χ0v) is 69.5. The number of hydrogen-bond donors (Lipinski definition) is 0. The summed E-state index contributed by atoms with van der Waals surface area (Å²) in [5, 5.41) is 69.3. The van der Waals surface area contributed by atoms with Gasteiger partial charge in [-0.3, -0.25) is 0 Å². The molecule has 18 aromatic carbocycles. The van der Waals surface area contributed by atoms with Crippen molar-refractivity contribution in [1.82, 2.24) is 13.7 Å². The van der Waals surface area contributed by atoms with Gasteiger partial charge >= 0.3 is 0 Å².